The van der Waals surface area contributed by atoms with Crippen molar-refractivity contribution in [1.82, 2.24) is 10.2 Å². The van der Waals surface area contributed by atoms with Crippen molar-refractivity contribution < 1.29 is 18.0 Å². The summed E-state index contributed by atoms with van der Waals surface area (Å²) in [6.45, 7) is 5.23. The van der Waals surface area contributed by atoms with Crippen LogP contribution in [0.25, 0.3) is 0 Å². The highest BCUT2D eigenvalue weighted by atomic mass is 32.2. The van der Waals surface area contributed by atoms with Gasteiger partial charge in [-0.15, -0.1) is 0 Å². The Morgan fingerprint density at radius 1 is 1.00 bits per heavy atom. The summed E-state index contributed by atoms with van der Waals surface area (Å²) in [4.78, 5) is 27.2. The number of sulfonamides is 1. The van der Waals surface area contributed by atoms with Crippen molar-refractivity contribution in [2.24, 2.45) is 5.92 Å². The van der Waals surface area contributed by atoms with Gasteiger partial charge in [0.05, 0.1) is 4.90 Å². The number of hydrogen-bond donors (Lipinski definition) is 2. The van der Waals surface area contributed by atoms with Crippen LogP contribution in [0.4, 0.5) is 5.69 Å². The Balaban J connectivity index is 1.39. The minimum atomic E-state index is -3.84. The van der Waals surface area contributed by atoms with Crippen LogP contribution in [0.5, 0.6) is 0 Å². The molecule has 1 aliphatic heterocycles. The van der Waals surface area contributed by atoms with Gasteiger partial charge in [-0.2, -0.15) is 0 Å². The Labute approximate surface area is 208 Å². The van der Waals surface area contributed by atoms with E-state index in [-0.39, 0.29) is 28.7 Å². The second kappa shape index (κ2) is 10.8. The zero-order valence-corrected chi connectivity index (χ0v) is 21.4. The summed E-state index contributed by atoms with van der Waals surface area (Å²) in [6.07, 6.45) is 6.57. The van der Waals surface area contributed by atoms with Gasteiger partial charge in [0.2, 0.25) is 5.91 Å². The molecule has 1 aliphatic carbocycles. The molecule has 1 heterocycles. The molecule has 8 heteroatoms. The molecule has 2 N–H and O–H groups in total. The van der Waals surface area contributed by atoms with Crippen molar-refractivity contribution in [2.45, 2.75) is 69.7 Å². The topological polar surface area (TPSA) is 95.6 Å². The predicted octanol–water partition coefficient (Wildman–Crippen LogP) is 4.27. The molecule has 2 aliphatic rings. The second-order valence-electron chi connectivity index (χ2n) is 9.73. The third-order valence-electron chi connectivity index (χ3n) is 6.86. The Kier molecular flexibility index (Phi) is 7.79. The van der Waals surface area contributed by atoms with Gasteiger partial charge in [0.1, 0.15) is 0 Å². The number of benzene rings is 2. The van der Waals surface area contributed by atoms with Gasteiger partial charge in [-0.1, -0.05) is 31.5 Å². The fourth-order valence-electron chi connectivity index (χ4n) is 4.44. The van der Waals surface area contributed by atoms with Crippen LogP contribution in [0.3, 0.4) is 0 Å². The molecule has 0 atom stereocenters. The van der Waals surface area contributed by atoms with Gasteiger partial charge < -0.3 is 10.2 Å². The lowest BCUT2D eigenvalue weighted by molar-refractivity contribution is -0.133. The highest BCUT2D eigenvalue weighted by Crippen LogP contribution is 2.32. The summed E-state index contributed by atoms with van der Waals surface area (Å²) < 4.78 is 28.6. The van der Waals surface area contributed by atoms with Crippen LogP contribution in [0, 0.1) is 12.8 Å². The first kappa shape index (κ1) is 25.2. The van der Waals surface area contributed by atoms with Crippen molar-refractivity contribution in [3.8, 4) is 0 Å². The van der Waals surface area contributed by atoms with Crippen LogP contribution in [0.15, 0.2) is 47.4 Å². The molecule has 0 bridgehead atoms. The number of amides is 2. The number of carbonyl (C=O) groups is 2. The van der Waals surface area contributed by atoms with Gasteiger partial charge >= 0.3 is 0 Å². The molecule has 188 valence electrons. The Morgan fingerprint density at radius 3 is 2.31 bits per heavy atom. The van der Waals surface area contributed by atoms with Gasteiger partial charge in [0.25, 0.3) is 15.9 Å². The van der Waals surface area contributed by atoms with Crippen LogP contribution >= 0.6 is 0 Å². The number of nitrogens with one attached hydrogen (secondary N) is 2. The quantitative estimate of drug-likeness (QED) is 0.541. The Morgan fingerprint density at radius 2 is 1.69 bits per heavy atom. The predicted molar refractivity (Wildman–Crippen MR) is 137 cm³/mol. The lowest BCUT2D eigenvalue weighted by Gasteiger charge is -2.32. The average Bonchev–Trinajstić information content (AvgIpc) is 3.69. The molecular weight excluding hydrogens is 462 g/mol. The maximum atomic E-state index is 13.0. The first-order valence-electron chi connectivity index (χ1n) is 12.6. The van der Waals surface area contributed by atoms with Crippen molar-refractivity contribution in [1.29, 1.82) is 0 Å². The van der Waals surface area contributed by atoms with Crippen molar-refractivity contribution in [3.05, 3.63) is 59.2 Å². The van der Waals surface area contributed by atoms with E-state index in [1.807, 2.05) is 17.0 Å². The molecule has 0 aromatic heterocycles. The molecule has 0 spiro atoms. The lowest BCUT2D eigenvalue weighted by atomic mass is 10.0. The summed E-state index contributed by atoms with van der Waals surface area (Å²) in [5, 5.41) is 3.04. The summed E-state index contributed by atoms with van der Waals surface area (Å²) in [7, 11) is -3.84. The molecule has 0 radical (unpaired) electrons. The number of piperidine rings is 1. The summed E-state index contributed by atoms with van der Waals surface area (Å²) >= 11 is 0. The van der Waals surface area contributed by atoms with E-state index in [0.29, 0.717) is 42.7 Å². The van der Waals surface area contributed by atoms with Crippen molar-refractivity contribution in [3.63, 3.8) is 0 Å². The standard InChI is InChI=1S/C27H35N3O4S/c1-3-4-5-20-7-11-23(12-8-20)29-35(33,34)24-13-6-19(2)25(18-24)26(31)28-22-14-16-30(17-15-22)27(32)21-9-10-21/h6-8,11-13,18,21-22,29H,3-5,9-10,14-17H2,1-2H3,(H,28,31). The summed E-state index contributed by atoms with van der Waals surface area (Å²) in [6, 6.07) is 12.0. The fraction of sp³-hybridized carbons (Fsp3) is 0.481. The van der Waals surface area contributed by atoms with Crippen LogP contribution < -0.4 is 10.0 Å². The first-order valence-corrected chi connectivity index (χ1v) is 14.1. The second-order valence-corrected chi connectivity index (χ2v) is 11.4. The van der Waals surface area contributed by atoms with Crippen molar-refractivity contribution >= 4 is 27.5 Å². The minimum Gasteiger partial charge on any atom is -0.349 e. The molecule has 0 unspecified atom stereocenters. The Hall–Kier alpha value is -2.87. The number of carbonyl (C=O) groups excluding carboxylic acids is 2. The Bertz CT molecular complexity index is 1170. The number of likely N-dealkylation sites (tertiary alicyclic amines) is 1. The number of hydrogen-bond acceptors (Lipinski definition) is 4. The fourth-order valence-corrected chi connectivity index (χ4v) is 5.53. The molecule has 1 saturated heterocycles. The molecule has 2 aromatic rings. The number of unbranched alkanes of at least 4 members (excludes halogenated alkanes) is 1. The smallest absolute Gasteiger partial charge is 0.261 e. The van der Waals surface area contributed by atoms with E-state index < -0.39 is 10.0 Å². The number of rotatable bonds is 9. The number of aryl methyl sites for hydroxylation is 2. The summed E-state index contributed by atoms with van der Waals surface area (Å²) in [5.74, 6) is 0.166. The van der Waals surface area contributed by atoms with E-state index in [1.54, 1.807) is 25.1 Å². The third kappa shape index (κ3) is 6.42. The van der Waals surface area contributed by atoms with Crippen molar-refractivity contribution in [2.75, 3.05) is 17.8 Å². The van der Waals surface area contributed by atoms with Gasteiger partial charge in [0, 0.05) is 36.3 Å². The van der Waals surface area contributed by atoms with E-state index in [1.165, 1.54) is 17.7 Å². The maximum absolute atomic E-state index is 13.0. The highest BCUT2D eigenvalue weighted by molar-refractivity contribution is 7.92. The zero-order chi connectivity index (χ0) is 25.0. The van der Waals surface area contributed by atoms with E-state index in [4.69, 9.17) is 0 Å². The normalized spacial score (nSPS) is 16.7. The lowest BCUT2D eigenvalue weighted by Crippen LogP contribution is -2.47. The number of nitrogens with zero attached hydrogens (tertiary/aromatic N) is 1. The molecule has 2 fully saturated rings. The maximum Gasteiger partial charge on any atom is 0.261 e. The van der Waals surface area contributed by atoms with Crippen LogP contribution in [-0.2, 0) is 21.2 Å². The van der Waals surface area contributed by atoms with Gasteiger partial charge in [0.15, 0.2) is 0 Å². The summed E-state index contributed by atoms with van der Waals surface area (Å²) in [5.41, 5.74) is 2.72. The van der Waals surface area contributed by atoms with E-state index >= 15 is 0 Å². The molecule has 4 rings (SSSR count). The zero-order valence-electron chi connectivity index (χ0n) is 20.5. The SMILES string of the molecule is CCCCc1ccc(NS(=O)(=O)c2ccc(C)c(C(=O)NC3CCN(C(=O)C4CC4)CC3)c2)cc1. The minimum absolute atomic E-state index is 0.0326. The molecular formula is C27H35N3O4S. The van der Waals surface area contributed by atoms with E-state index in [2.05, 4.69) is 17.0 Å². The first-order chi connectivity index (χ1) is 16.8. The van der Waals surface area contributed by atoms with E-state index in [0.717, 1.165) is 32.1 Å². The van der Waals surface area contributed by atoms with E-state index in [9.17, 15) is 18.0 Å². The van der Waals surface area contributed by atoms with Crippen LogP contribution in [0.1, 0.15) is 66.9 Å². The third-order valence-corrected chi connectivity index (χ3v) is 8.24. The monoisotopic (exact) mass is 497 g/mol. The average molecular weight is 498 g/mol. The van der Waals surface area contributed by atoms with Gasteiger partial charge in [-0.3, -0.25) is 14.3 Å². The molecule has 1 saturated carbocycles. The number of anilines is 1. The molecule has 2 amide bonds. The molecule has 7 nitrogen and oxygen atoms in total. The van der Waals surface area contributed by atoms with Crippen LogP contribution in [-0.4, -0.2) is 44.3 Å². The van der Waals surface area contributed by atoms with Gasteiger partial charge in [-0.05, 0) is 80.8 Å². The molecule has 35 heavy (non-hydrogen) atoms. The molecule has 2 aromatic carbocycles. The van der Waals surface area contributed by atoms with Crippen LogP contribution in [0.2, 0.25) is 0 Å². The highest BCUT2D eigenvalue weighted by Gasteiger charge is 2.35. The largest absolute Gasteiger partial charge is 0.349 e. The van der Waals surface area contributed by atoms with Gasteiger partial charge in [-0.25, -0.2) is 8.42 Å².